The van der Waals surface area contributed by atoms with Gasteiger partial charge in [-0.2, -0.15) is 0 Å². The molecule has 3 heteroatoms. The Kier molecular flexibility index (Phi) is 8.14. The van der Waals surface area contributed by atoms with E-state index >= 15 is 0 Å². The van der Waals surface area contributed by atoms with Crippen LogP contribution in [0.5, 0.6) is 0 Å². The summed E-state index contributed by atoms with van der Waals surface area (Å²) in [5.41, 5.74) is 0. The highest BCUT2D eigenvalue weighted by Gasteiger charge is 2.14. The average molecular weight is 202 g/mol. The van der Waals surface area contributed by atoms with Crippen LogP contribution in [-0.4, -0.2) is 48.8 Å². The minimum atomic E-state index is 0.267. The first-order valence-corrected chi connectivity index (χ1v) is 5.71. The Labute approximate surface area is 88.5 Å². The van der Waals surface area contributed by atoms with Gasteiger partial charge in [0.1, 0.15) is 0 Å². The topological polar surface area (TPSA) is 35.5 Å². The molecule has 0 heterocycles. The molecule has 2 atom stereocenters. The first kappa shape index (κ1) is 13.9. The van der Waals surface area contributed by atoms with Crippen molar-refractivity contribution in [2.45, 2.75) is 45.7 Å². The maximum atomic E-state index is 8.89. The summed E-state index contributed by atoms with van der Waals surface area (Å²) in [5.74, 6) is 0. The van der Waals surface area contributed by atoms with Crippen molar-refractivity contribution in [3.63, 3.8) is 0 Å². The van der Waals surface area contributed by atoms with E-state index in [0.29, 0.717) is 12.1 Å². The van der Waals surface area contributed by atoms with Crippen molar-refractivity contribution in [3.8, 4) is 0 Å². The highest BCUT2D eigenvalue weighted by atomic mass is 16.3. The van der Waals surface area contributed by atoms with E-state index in [9.17, 15) is 0 Å². The molecule has 0 saturated carbocycles. The lowest BCUT2D eigenvalue weighted by atomic mass is 10.1. The number of aliphatic hydroxyl groups is 1. The molecular formula is C11H26N2O. The Morgan fingerprint density at radius 1 is 1.36 bits per heavy atom. The predicted molar refractivity (Wildman–Crippen MR) is 61.6 cm³/mol. The van der Waals surface area contributed by atoms with Gasteiger partial charge in [0.25, 0.3) is 0 Å². The Morgan fingerprint density at radius 2 is 2.00 bits per heavy atom. The van der Waals surface area contributed by atoms with E-state index in [1.165, 1.54) is 6.42 Å². The van der Waals surface area contributed by atoms with Gasteiger partial charge < -0.3 is 10.4 Å². The first-order valence-electron chi connectivity index (χ1n) is 5.71. The van der Waals surface area contributed by atoms with Crippen LogP contribution in [-0.2, 0) is 0 Å². The van der Waals surface area contributed by atoms with Crippen LogP contribution in [0.2, 0.25) is 0 Å². The number of likely N-dealkylation sites (N-methyl/N-ethyl adjacent to an activating group) is 2. The number of hydrogen-bond donors (Lipinski definition) is 2. The summed E-state index contributed by atoms with van der Waals surface area (Å²) >= 11 is 0. The van der Waals surface area contributed by atoms with Gasteiger partial charge in [-0.15, -0.1) is 0 Å². The molecule has 0 aliphatic rings. The van der Waals surface area contributed by atoms with Gasteiger partial charge in [-0.1, -0.05) is 13.8 Å². The van der Waals surface area contributed by atoms with Gasteiger partial charge in [-0.25, -0.2) is 0 Å². The van der Waals surface area contributed by atoms with Crippen LogP contribution in [0.1, 0.15) is 33.6 Å². The molecule has 2 N–H and O–H groups in total. The van der Waals surface area contributed by atoms with E-state index in [-0.39, 0.29) is 6.61 Å². The molecule has 0 bridgehead atoms. The normalized spacial score (nSPS) is 15.9. The fraction of sp³-hybridized carbons (Fsp3) is 1.00. The van der Waals surface area contributed by atoms with Crippen molar-refractivity contribution < 1.29 is 5.11 Å². The quantitative estimate of drug-likeness (QED) is 0.618. The minimum absolute atomic E-state index is 0.267. The Hall–Kier alpha value is -0.120. The summed E-state index contributed by atoms with van der Waals surface area (Å²) in [5, 5.41) is 12.1. The van der Waals surface area contributed by atoms with Crippen LogP contribution in [0, 0.1) is 0 Å². The van der Waals surface area contributed by atoms with E-state index in [1.54, 1.807) is 0 Å². The van der Waals surface area contributed by atoms with Crippen LogP contribution in [0.4, 0.5) is 0 Å². The average Bonchev–Trinajstić information content (AvgIpc) is 2.23. The molecular weight excluding hydrogens is 176 g/mol. The van der Waals surface area contributed by atoms with Gasteiger partial charge in [-0.05, 0) is 33.4 Å². The minimum Gasteiger partial charge on any atom is -0.396 e. The van der Waals surface area contributed by atoms with Crippen molar-refractivity contribution in [2.75, 3.05) is 26.7 Å². The van der Waals surface area contributed by atoms with Crippen LogP contribution in [0.3, 0.4) is 0 Å². The molecule has 0 aliphatic carbocycles. The van der Waals surface area contributed by atoms with E-state index in [4.69, 9.17) is 5.11 Å². The molecule has 3 nitrogen and oxygen atoms in total. The third kappa shape index (κ3) is 4.94. The van der Waals surface area contributed by atoms with Gasteiger partial charge in [0.2, 0.25) is 0 Å². The number of nitrogens with one attached hydrogen (secondary N) is 1. The molecule has 0 saturated heterocycles. The molecule has 0 rings (SSSR count). The van der Waals surface area contributed by atoms with E-state index in [0.717, 1.165) is 19.5 Å². The molecule has 0 aliphatic heterocycles. The zero-order valence-electron chi connectivity index (χ0n) is 10.1. The lowest BCUT2D eigenvalue weighted by molar-refractivity contribution is 0.176. The fourth-order valence-corrected chi connectivity index (χ4v) is 1.64. The molecule has 14 heavy (non-hydrogen) atoms. The summed E-state index contributed by atoms with van der Waals surface area (Å²) in [7, 11) is 1.96. The van der Waals surface area contributed by atoms with Crippen LogP contribution >= 0.6 is 0 Å². The second kappa shape index (κ2) is 8.21. The van der Waals surface area contributed by atoms with Crippen LogP contribution in [0.15, 0.2) is 0 Å². The largest absolute Gasteiger partial charge is 0.396 e. The highest BCUT2D eigenvalue weighted by molar-refractivity contribution is 4.73. The summed E-state index contributed by atoms with van der Waals surface area (Å²) in [6, 6.07) is 1.04. The highest BCUT2D eigenvalue weighted by Crippen LogP contribution is 2.05. The van der Waals surface area contributed by atoms with Gasteiger partial charge in [-0.3, -0.25) is 4.90 Å². The first-order chi connectivity index (χ1) is 6.69. The monoisotopic (exact) mass is 202 g/mol. The van der Waals surface area contributed by atoms with Crippen molar-refractivity contribution in [1.29, 1.82) is 0 Å². The summed E-state index contributed by atoms with van der Waals surface area (Å²) in [6.07, 6.45) is 2.02. The zero-order chi connectivity index (χ0) is 11.0. The molecule has 0 radical (unpaired) electrons. The van der Waals surface area contributed by atoms with E-state index in [2.05, 4.69) is 31.0 Å². The Balaban J connectivity index is 3.99. The standard InChI is InChI=1S/C11H26N2O/c1-5-10(3)13(6-2)9-11(12-4)7-8-14/h10-12,14H,5-9H2,1-4H3. The summed E-state index contributed by atoms with van der Waals surface area (Å²) < 4.78 is 0. The van der Waals surface area contributed by atoms with E-state index < -0.39 is 0 Å². The second-order valence-corrected chi connectivity index (χ2v) is 3.84. The van der Waals surface area contributed by atoms with Crippen molar-refractivity contribution >= 4 is 0 Å². The molecule has 0 aromatic rings. The summed E-state index contributed by atoms with van der Waals surface area (Å²) in [4.78, 5) is 2.46. The third-order valence-electron chi connectivity index (χ3n) is 2.96. The lowest BCUT2D eigenvalue weighted by Gasteiger charge is -2.30. The maximum absolute atomic E-state index is 8.89. The van der Waals surface area contributed by atoms with Crippen molar-refractivity contribution in [1.82, 2.24) is 10.2 Å². The molecule has 2 unspecified atom stereocenters. The lowest BCUT2D eigenvalue weighted by Crippen LogP contribution is -2.43. The number of rotatable bonds is 8. The van der Waals surface area contributed by atoms with Crippen LogP contribution < -0.4 is 5.32 Å². The van der Waals surface area contributed by atoms with Crippen molar-refractivity contribution in [3.05, 3.63) is 0 Å². The fourth-order valence-electron chi connectivity index (χ4n) is 1.64. The molecule has 0 amide bonds. The maximum Gasteiger partial charge on any atom is 0.0446 e. The predicted octanol–water partition coefficient (Wildman–Crippen LogP) is 1.08. The molecule has 0 aromatic carbocycles. The van der Waals surface area contributed by atoms with Gasteiger partial charge in [0, 0.05) is 25.2 Å². The molecule has 0 spiro atoms. The van der Waals surface area contributed by atoms with Gasteiger partial charge in [0.15, 0.2) is 0 Å². The van der Waals surface area contributed by atoms with E-state index in [1.807, 2.05) is 7.05 Å². The molecule has 86 valence electrons. The SMILES string of the molecule is CCC(C)N(CC)CC(CCO)NC. The summed E-state index contributed by atoms with van der Waals surface area (Å²) in [6.45, 7) is 9.05. The second-order valence-electron chi connectivity index (χ2n) is 3.84. The number of nitrogens with zero attached hydrogens (tertiary/aromatic N) is 1. The third-order valence-corrected chi connectivity index (χ3v) is 2.96. The van der Waals surface area contributed by atoms with Gasteiger partial charge >= 0.3 is 0 Å². The molecule has 0 fully saturated rings. The smallest absolute Gasteiger partial charge is 0.0446 e. The Bertz CT molecular complexity index is 130. The number of aliphatic hydroxyl groups excluding tert-OH is 1. The van der Waals surface area contributed by atoms with Crippen molar-refractivity contribution in [2.24, 2.45) is 0 Å². The number of hydrogen-bond acceptors (Lipinski definition) is 3. The zero-order valence-corrected chi connectivity index (χ0v) is 10.1. The van der Waals surface area contributed by atoms with Gasteiger partial charge in [0.05, 0.1) is 0 Å². The Morgan fingerprint density at radius 3 is 2.36 bits per heavy atom. The molecule has 0 aromatic heterocycles. The van der Waals surface area contributed by atoms with Crippen LogP contribution in [0.25, 0.3) is 0 Å².